The summed E-state index contributed by atoms with van der Waals surface area (Å²) < 4.78 is 26.3. The van der Waals surface area contributed by atoms with Gasteiger partial charge in [-0.15, -0.1) is 0 Å². The van der Waals surface area contributed by atoms with Gasteiger partial charge in [-0.25, -0.2) is 8.78 Å². The summed E-state index contributed by atoms with van der Waals surface area (Å²) in [6.07, 6.45) is 1.58. The van der Waals surface area contributed by atoms with Gasteiger partial charge in [0.15, 0.2) is 0 Å². The van der Waals surface area contributed by atoms with E-state index in [-0.39, 0.29) is 23.6 Å². The molecule has 0 spiro atoms. The fourth-order valence-corrected chi connectivity index (χ4v) is 3.46. The molecule has 2 aromatic rings. The van der Waals surface area contributed by atoms with Gasteiger partial charge < -0.3 is 5.32 Å². The number of hydrogen-bond acceptors (Lipinski definition) is 4. The van der Waals surface area contributed by atoms with E-state index < -0.39 is 28.7 Å². The van der Waals surface area contributed by atoms with Crippen LogP contribution in [0.3, 0.4) is 0 Å². The summed E-state index contributed by atoms with van der Waals surface area (Å²) in [7, 11) is 0. The quantitative estimate of drug-likeness (QED) is 0.737. The van der Waals surface area contributed by atoms with Crippen LogP contribution in [-0.2, 0) is 4.79 Å². The third-order valence-electron chi connectivity index (χ3n) is 3.79. The van der Waals surface area contributed by atoms with E-state index in [1.807, 2.05) is 0 Å². The van der Waals surface area contributed by atoms with Crippen molar-refractivity contribution in [2.45, 2.75) is 0 Å². The maximum Gasteiger partial charge on any atom is 0.293 e. The van der Waals surface area contributed by atoms with Crippen molar-refractivity contribution in [3.63, 3.8) is 0 Å². The number of thioether (sulfide) groups is 1. The van der Waals surface area contributed by atoms with Crippen LogP contribution < -0.4 is 5.32 Å². The zero-order valence-corrected chi connectivity index (χ0v) is 15.8. The summed E-state index contributed by atoms with van der Waals surface area (Å²) in [6, 6.07) is 9.22. The smallest absolute Gasteiger partial charge is 0.293 e. The first-order valence-corrected chi connectivity index (χ1v) is 9.28. The molecule has 0 radical (unpaired) electrons. The van der Waals surface area contributed by atoms with E-state index in [2.05, 4.69) is 5.32 Å². The average Bonchev–Trinajstić information content (AvgIpc) is 2.90. The van der Waals surface area contributed by atoms with Crippen LogP contribution in [0, 0.1) is 11.6 Å². The standard InChI is InChI=1S/C19H13ClF2N2O3S/c20-13-3-1-11(2-4-13)7-16-18(26)24(19(27)28-16)6-5-23-17(25)12-8-14(21)10-15(22)9-12/h1-4,7-10H,5-6H2,(H,23,25)/b16-7+. The highest BCUT2D eigenvalue weighted by atomic mass is 35.5. The first kappa shape index (κ1) is 20.0. The maximum atomic E-state index is 13.2. The number of carbonyl (C=O) groups is 3. The van der Waals surface area contributed by atoms with Gasteiger partial charge in [-0.05, 0) is 47.7 Å². The molecule has 1 N–H and O–H groups in total. The van der Waals surface area contributed by atoms with E-state index in [1.165, 1.54) is 0 Å². The Bertz CT molecular complexity index is 959. The molecule has 1 aliphatic rings. The molecule has 144 valence electrons. The molecule has 1 saturated heterocycles. The maximum absolute atomic E-state index is 13.2. The lowest BCUT2D eigenvalue weighted by Crippen LogP contribution is -2.37. The number of nitrogens with zero attached hydrogens (tertiary/aromatic N) is 1. The fourth-order valence-electron chi connectivity index (χ4n) is 2.47. The lowest BCUT2D eigenvalue weighted by molar-refractivity contribution is -0.122. The third kappa shape index (κ3) is 4.76. The van der Waals surface area contributed by atoms with Crippen molar-refractivity contribution in [1.82, 2.24) is 10.2 Å². The summed E-state index contributed by atoms with van der Waals surface area (Å²) in [5.74, 6) is -2.93. The lowest BCUT2D eigenvalue weighted by atomic mass is 10.2. The lowest BCUT2D eigenvalue weighted by Gasteiger charge is -2.13. The van der Waals surface area contributed by atoms with Crippen molar-refractivity contribution >= 4 is 46.5 Å². The van der Waals surface area contributed by atoms with Gasteiger partial charge in [0.2, 0.25) is 0 Å². The van der Waals surface area contributed by atoms with Gasteiger partial charge in [0.1, 0.15) is 11.6 Å². The molecule has 0 atom stereocenters. The van der Waals surface area contributed by atoms with Crippen LogP contribution in [0.2, 0.25) is 5.02 Å². The van der Waals surface area contributed by atoms with E-state index >= 15 is 0 Å². The second-order valence-electron chi connectivity index (χ2n) is 5.80. The van der Waals surface area contributed by atoms with Gasteiger partial charge in [0, 0.05) is 29.7 Å². The molecular weight excluding hydrogens is 410 g/mol. The van der Waals surface area contributed by atoms with Gasteiger partial charge in [0.25, 0.3) is 17.1 Å². The molecule has 2 aromatic carbocycles. The van der Waals surface area contributed by atoms with E-state index in [0.29, 0.717) is 11.1 Å². The van der Waals surface area contributed by atoms with Crippen molar-refractivity contribution in [3.8, 4) is 0 Å². The third-order valence-corrected chi connectivity index (χ3v) is 4.95. The fraction of sp³-hybridized carbons (Fsp3) is 0.105. The minimum Gasteiger partial charge on any atom is -0.350 e. The molecule has 0 unspecified atom stereocenters. The molecule has 5 nitrogen and oxygen atoms in total. The van der Waals surface area contributed by atoms with Gasteiger partial charge in [-0.2, -0.15) is 0 Å². The molecule has 0 saturated carbocycles. The number of benzene rings is 2. The van der Waals surface area contributed by atoms with Crippen molar-refractivity contribution in [3.05, 3.63) is 75.2 Å². The predicted octanol–water partition coefficient (Wildman–Crippen LogP) is 4.08. The highest BCUT2D eigenvalue weighted by Gasteiger charge is 2.34. The van der Waals surface area contributed by atoms with Crippen LogP contribution in [0.1, 0.15) is 15.9 Å². The molecular formula is C19H13ClF2N2O3S. The van der Waals surface area contributed by atoms with Crippen LogP contribution in [0.4, 0.5) is 13.6 Å². The Morgan fingerprint density at radius 2 is 1.75 bits per heavy atom. The molecule has 1 heterocycles. The molecule has 28 heavy (non-hydrogen) atoms. The van der Waals surface area contributed by atoms with Crippen LogP contribution in [0.15, 0.2) is 47.4 Å². The minimum absolute atomic E-state index is 0.0524. The highest BCUT2D eigenvalue weighted by molar-refractivity contribution is 8.18. The summed E-state index contributed by atoms with van der Waals surface area (Å²) in [5, 5.41) is 2.52. The van der Waals surface area contributed by atoms with E-state index in [0.717, 1.165) is 34.4 Å². The van der Waals surface area contributed by atoms with Crippen molar-refractivity contribution < 1.29 is 23.2 Å². The van der Waals surface area contributed by atoms with Crippen molar-refractivity contribution in [2.75, 3.05) is 13.1 Å². The minimum atomic E-state index is -0.872. The Balaban J connectivity index is 1.60. The van der Waals surface area contributed by atoms with Crippen LogP contribution in [0.5, 0.6) is 0 Å². The zero-order valence-electron chi connectivity index (χ0n) is 14.2. The Morgan fingerprint density at radius 1 is 1.11 bits per heavy atom. The first-order chi connectivity index (χ1) is 13.3. The van der Waals surface area contributed by atoms with Crippen LogP contribution in [0.25, 0.3) is 6.08 Å². The monoisotopic (exact) mass is 422 g/mol. The molecule has 0 aliphatic carbocycles. The van der Waals surface area contributed by atoms with Gasteiger partial charge in [-0.3, -0.25) is 19.3 Å². The number of rotatable bonds is 5. The molecule has 3 rings (SSSR count). The molecule has 1 fully saturated rings. The second-order valence-corrected chi connectivity index (χ2v) is 7.23. The average molecular weight is 423 g/mol. The summed E-state index contributed by atoms with van der Waals surface area (Å²) in [6.45, 7) is -0.116. The van der Waals surface area contributed by atoms with E-state index in [9.17, 15) is 23.2 Å². The Labute approximate surface area is 168 Å². The van der Waals surface area contributed by atoms with Crippen LogP contribution in [-0.4, -0.2) is 35.0 Å². The topological polar surface area (TPSA) is 66.5 Å². The first-order valence-electron chi connectivity index (χ1n) is 8.09. The molecule has 0 aromatic heterocycles. The number of nitrogens with one attached hydrogen (secondary N) is 1. The summed E-state index contributed by atoms with van der Waals surface area (Å²) in [5.41, 5.74) is 0.533. The number of imide groups is 1. The number of hydrogen-bond donors (Lipinski definition) is 1. The number of amides is 3. The van der Waals surface area contributed by atoms with Gasteiger partial charge in [-0.1, -0.05) is 23.7 Å². The normalized spacial score (nSPS) is 15.4. The number of carbonyl (C=O) groups excluding carboxylic acids is 3. The molecule has 1 aliphatic heterocycles. The Kier molecular flexibility index (Phi) is 6.11. The Hall–Kier alpha value is -2.71. The molecule has 0 bridgehead atoms. The van der Waals surface area contributed by atoms with Crippen LogP contribution >= 0.6 is 23.4 Å². The second kappa shape index (κ2) is 8.53. The summed E-state index contributed by atoms with van der Waals surface area (Å²) >= 11 is 6.61. The van der Waals surface area contributed by atoms with Crippen molar-refractivity contribution in [1.29, 1.82) is 0 Å². The van der Waals surface area contributed by atoms with Gasteiger partial charge in [0.05, 0.1) is 4.91 Å². The van der Waals surface area contributed by atoms with E-state index in [4.69, 9.17) is 11.6 Å². The van der Waals surface area contributed by atoms with E-state index in [1.54, 1.807) is 30.3 Å². The van der Waals surface area contributed by atoms with Gasteiger partial charge >= 0.3 is 0 Å². The molecule has 3 amide bonds. The summed E-state index contributed by atoms with van der Waals surface area (Å²) in [4.78, 5) is 37.7. The van der Waals surface area contributed by atoms with Crippen molar-refractivity contribution in [2.24, 2.45) is 0 Å². The zero-order chi connectivity index (χ0) is 20.3. The number of halogens is 3. The highest BCUT2D eigenvalue weighted by Crippen LogP contribution is 2.32. The largest absolute Gasteiger partial charge is 0.350 e. The molecule has 9 heteroatoms. The predicted molar refractivity (Wildman–Crippen MR) is 103 cm³/mol. The Morgan fingerprint density at radius 3 is 2.39 bits per heavy atom. The SMILES string of the molecule is O=C(NCCN1C(=O)S/C(=C/c2ccc(Cl)cc2)C1=O)c1cc(F)cc(F)c1.